The topological polar surface area (TPSA) is 80.2 Å². The van der Waals surface area contributed by atoms with Crippen LogP contribution in [0.2, 0.25) is 0 Å². The third-order valence-electron chi connectivity index (χ3n) is 3.21. The second-order valence-electron chi connectivity index (χ2n) is 5.14. The summed E-state index contributed by atoms with van der Waals surface area (Å²) in [7, 11) is 0. The van der Waals surface area contributed by atoms with E-state index >= 15 is 0 Å². The van der Waals surface area contributed by atoms with Gasteiger partial charge in [0.15, 0.2) is 6.04 Å². The van der Waals surface area contributed by atoms with Gasteiger partial charge in [-0.2, -0.15) is 0 Å². The largest absolute Gasteiger partial charge is 0.461 e. The Kier molecular flexibility index (Phi) is 6.32. The lowest BCUT2D eigenvalue weighted by Crippen LogP contribution is -2.66. The first-order chi connectivity index (χ1) is 11.1. The van der Waals surface area contributed by atoms with E-state index in [0.717, 1.165) is 11.1 Å². The third-order valence-corrected chi connectivity index (χ3v) is 3.21. The molecule has 0 saturated heterocycles. The minimum absolute atomic E-state index is 0.0968. The van der Waals surface area contributed by atoms with Crippen molar-refractivity contribution in [2.24, 2.45) is 0 Å². The van der Waals surface area contributed by atoms with Crippen LogP contribution in [0.25, 0.3) is 0 Å². The molecule has 23 heavy (non-hydrogen) atoms. The van der Waals surface area contributed by atoms with Crippen LogP contribution < -0.4 is 5.73 Å². The van der Waals surface area contributed by atoms with Crippen LogP contribution in [-0.2, 0) is 32.3 Å². The molecule has 1 atom stereocenters. The van der Waals surface area contributed by atoms with E-state index in [2.05, 4.69) is 5.73 Å². The Balaban J connectivity index is 1.71. The molecule has 0 heterocycles. The van der Waals surface area contributed by atoms with Gasteiger partial charge in [0.05, 0.1) is 0 Å². The fraction of sp³-hybridized carbons (Fsp3) is 0.222. The molecule has 0 amide bonds. The number of hydrogen-bond donors (Lipinski definition) is 1. The first-order valence-corrected chi connectivity index (χ1v) is 7.38. The minimum Gasteiger partial charge on any atom is -0.461 e. The number of carbonyl (C=O) groups is 2. The first kappa shape index (κ1) is 16.7. The van der Waals surface area contributed by atoms with Gasteiger partial charge in [-0.1, -0.05) is 60.7 Å². The lowest BCUT2D eigenvalue weighted by Gasteiger charge is -2.09. The smallest absolute Gasteiger partial charge is 0.365 e. The Bertz CT molecular complexity index is 628. The van der Waals surface area contributed by atoms with E-state index in [1.165, 1.54) is 0 Å². The predicted molar refractivity (Wildman–Crippen MR) is 83.8 cm³/mol. The van der Waals surface area contributed by atoms with Gasteiger partial charge in [0.1, 0.15) is 19.6 Å². The Labute approximate surface area is 135 Å². The van der Waals surface area contributed by atoms with Crippen molar-refractivity contribution in [1.29, 1.82) is 0 Å². The number of ether oxygens (including phenoxy) is 2. The standard InChI is InChI=1S/C18H19NO4/c19-16(18(21)23-13-15-9-5-2-6-10-15)11-17(20)22-12-14-7-3-1-4-8-14/h1-10,16H,11-13,19H2/p+1. The highest BCUT2D eigenvalue weighted by Crippen LogP contribution is 2.04. The van der Waals surface area contributed by atoms with Gasteiger partial charge >= 0.3 is 11.9 Å². The SMILES string of the molecule is [NH3+]C(CC(=O)OCc1ccccc1)C(=O)OCc1ccccc1. The monoisotopic (exact) mass is 314 g/mol. The number of quaternary nitrogens is 1. The van der Waals surface area contributed by atoms with Crippen LogP contribution in [0.3, 0.4) is 0 Å². The summed E-state index contributed by atoms with van der Waals surface area (Å²) in [6, 6.07) is 17.9. The normalized spacial score (nSPS) is 11.5. The number of benzene rings is 2. The van der Waals surface area contributed by atoms with Crippen LogP contribution in [-0.4, -0.2) is 18.0 Å². The average molecular weight is 314 g/mol. The molecule has 0 aliphatic carbocycles. The van der Waals surface area contributed by atoms with Crippen molar-refractivity contribution in [3.63, 3.8) is 0 Å². The highest BCUT2D eigenvalue weighted by Gasteiger charge is 2.23. The van der Waals surface area contributed by atoms with Crippen molar-refractivity contribution in [3.05, 3.63) is 71.8 Å². The highest BCUT2D eigenvalue weighted by atomic mass is 16.5. The fourth-order valence-electron chi connectivity index (χ4n) is 1.93. The summed E-state index contributed by atoms with van der Waals surface area (Å²) >= 11 is 0. The van der Waals surface area contributed by atoms with Crippen molar-refractivity contribution >= 4 is 11.9 Å². The molecular weight excluding hydrogens is 294 g/mol. The van der Waals surface area contributed by atoms with Crippen molar-refractivity contribution in [3.8, 4) is 0 Å². The summed E-state index contributed by atoms with van der Waals surface area (Å²) in [5.74, 6) is -0.976. The Hall–Kier alpha value is -2.66. The van der Waals surface area contributed by atoms with Gasteiger partial charge < -0.3 is 15.2 Å². The van der Waals surface area contributed by atoms with E-state index in [-0.39, 0.29) is 19.6 Å². The molecule has 0 fully saturated rings. The van der Waals surface area contributed by atoms with E-state index in [9.17, 15) is 9.59 Å². The average Bonchev–Trinajstić information content (AvgIpc) is 2.59. The zero-order chi connectivity index (χ0) is 16.5. The molecule has 3 N–H and O–H groups in total. The fourth-order valence-corrected chi connectivity index (χ4v) is 1.93. The van der Waals surface area contributed by atoms with Gasteiger partial charge in [-0.05, 0) is 11.1 Å². The molecule has 2 aromatic carbocycles. The molecule has 0 spiro atoms. The molecule has 0 saturated carbocycles. The number of hydrogen-bond acceptors (Lipinski definition) is 4. The van der Waals surface area contributed by atoms with Crippen LogP contribution in [0.4, 0.5) is 0 Å². The van der Waals surface area contributed by atoms with Crippen LogP contribution in [0.1, 0.15) is 17.5 Å². The molecule has 0 radical (unpaired) electrons. The van der Waals surface area contributed by atoms with E-state index in [1.807, 2.05) is 60.7 Å². The van der Waals surface area contributed by atoms with Crippen LogP contribution >= 0.6 is 0 Å². The van der Waals surface area contributed by atoms with Gasteiger partial charge in [-0.25, -0.2) is 4.79 Å². The zero-order valence-electron chi connectivity index (χ0n) is 12.8. The molecule has 1 unspecified atom stereocenters. The summed E-state index contributed by atoms with van der Waals surface area (Å²) in [5, 5.41) is 0. The predicted octanol–water partition coefficient (Wildman–Crippen LogP) is 1.47. The van der Waals surface area contributed by atoms with E-state index in [1.54, 1.807) is 0 Å². The number of carbonyl (C=O) groups excluding carboxylic acids is 2. The Morgan fingerprint density at radius 1 is 0.826 bits per heavy atom. The van der Waals surface area contributed by atoms with Gasteiger partial charge in [0.25, 0.3) is 0 Å². The summed E-state index contributed by atoms with van der Waals surface area (Å²) in [6.07, 6.45) is -0.0968. The molecule has 120 valence electrons. The maximum atomic E-state index is 11.8. The molecule has 0 aliphatic rings. The second-order valence-corrected chi connectivity index (χ2v) is 5.14. The lowest BCUT2D eigenvalue weighted by atomic mass is 10.2. The van der Waals surface area contributed by atoms with Crippen LogP contribution in [0, 0.1) is 0 Å². The summed E-state index contributed by atoms with van der Waals surface area (Å²) in [6.45, 7) is 0.357. The molecule has 0 bridgehead atoms. The first-order valence-electron chi connectivity index (χ1n) is 7.38. The molecule has 5 heteroatoms. The summed E-state index contributed by atoms with van der Waals surface area (Å²) < 4.78 is 10.3. The molecule has 2 rings (SSSR count). The molecule has 5 nitrogen and oxygen atoms in total. The molecular formula is C18H20NO4+. The third kappa shape index (κ3) is 5.92. The van der Waals surface area contributed by atoms with Crippen molar-refractivity contribution in [2.75, 3.05) is 0 Å². The molecule has 0 aliphatic heterocycles. The van der Waals surface area contributed by atoms with Crippen LogP contribution in [0.5, 0.6) is 0 Å². The van der Waals surface area contributed by atoms with E-state index < -0.39 is 18.0 Å². The highest BCUT2D eigenvalue weighted by molar-refractivity contribution is 5.81. The maximum absolute atomic E-state index is 11.8. The Morgan fingerprint density at radius 3 is 1.83 bits per heavy atom. The van der Waals surface area contributed by atoms with E-state index in [0.29, 0.717) is 0 Å². The van der Waals surface area contributed by atoms with Crippen LogP contribution in [0.15, 0.2) is 60.7 Å². The van der Waals surface area contributed by atoms with Gasteiger partial charge in [0, 0.05) is 0 Å². The van der Waals surface area contributed by atoms with Gasteiger partial charge in [0.2, 0.25) is 0 Å². The quantitative estimate of drug-likeness (QED) is 0.785. The number of esters is 2. The van der Waals surface area contributed by atoms with Gasteiger partial charge in [-0.3, -0.25) is 4.79 Å². The van der Waals surface area contributed by atoms with Crippen molar-refractivity contribution in [1.82, 2.24) is 0 Å². The van der Waals surface area contributed by atoms with Gasteiger partial charge in [-0.15, -0.1) is 0 Å². The molecule has 0 aromatic heterocycles. The van der Waals surface area contributed by atoms with Crippen molar-refractivity contribution in [2.45, 2.75) is 25.7 Å². The number of rotatable bonds is 7. The maximum Gasteiger partial charge on any atom is 0.365 e. The van der Waals surface area contributed by atoms with Crippen molar-refractivity contribution < 1.29 is 24.8 Å². The Morgan fingerprint density at radius 2 is 1.30 bits per heavy atom. The van der Waals surface area contributed by atoms with E-state index in [4.69, 9.17) is 9.47 Å². The summed E-state index contributed by atoms with van der Waals surface area (Å²) in [4.78, 5) is 23.6. The molecule has 2 aromatic rings. The zero-order valence-corrected chi connectivity index (χ0v) is 12.8. The summed E-state index contributed by atoms with van der Waals surface area (Å²) in [5.41, 5.74) is 5.45. The minimum atomic E-state index is -0.776. The second kappa shape index (κ2) is 8.70. The lowest BCUT2D eigenvalue weighted by molar-refractivity contribution is -0.408.